The van der Waals surface area contributed by atoms with Gasteiger partial charge in [0.1, 0.15) is 5.82 Å². The van der Waals surface area contributed by atoms with Crippen LogP contribution in [0.3, 0.4) is 0 Å². The molecule has 0 heterocycles. The number of rotatable bonds is 3. The first kappa shape index (κ1) is 14.7. The number of hydrogen-bond donors (Lipinski definition) is 0. The van der Waals surface area contributed by atoms with Crippen LogP contribution in [-0.2, 0) is 9.84 Å². The third kappa shape index (κ3) is 3.07. The van der Waals surface area contributed by atoms with Crippen LogP contribution in [0.1, 0.15) is 25.3 Å². The van der Waals surface area contributed by atoms with Crippen molar-refractivity contribution < 1.29 is 12.8 Å². The molecule has 0 amide bonds. The zero-order chi connectivity index (χ0) is 14.9. The van der Waals surface area contributed by atoms with Crippen LogP contribution in [0.5, 0.6) is 0 Å². The van der Waals surface area contributed by atoms with Crippen molar-refractivity contribution in [2.45, 2.75) is 24.7 Å². The fourth-order valence-electron chi connectivity index (χ4n) is 2.16. The highest BCUT2D eigenvalue weighted by molar-refractivity contribution is 7.90. The Balaban J connectivity index is 2.54. The van der Waals surface area contributed by atoms with Gasteiger partial charge in [-0.15, -0.1) is 0 Å². The largest absolute Gasteiger partial charge is 0.224 e. The summed E-state index contributed by atoms with van der Waals surface area (Å²) in [6.45, 7) is 4.09. The van der Waals surface area contributed by atoms with Crippen LogP contribution in [-0.4, -0.2) is 14.7 Å². The molecule has 4 heteroatoms. The summed E-state index contributed by atoms with van der Waals surface area (Å²) in [7, 11) is -3.21. The van der Waals surface area contributed by atoms with E-state index in [0.717, 1.165) is 16.7 Å². The van der Waals surface area contributed by atoms with Crippen molar-refractivity contribution in [3.05, 3.63) is 53.8 Å². The molecule has 0 saturated carbocycles. The summed E-state index contributed by atoms with van der Waals surface area (Å²) in [5.74, 6) is -0.0308. The fraction of sp³-hybridized carbons (Fsp3) is 0.250. The molecule has 0 aliphatic heterocycles. The monoisotopic (exact) mass is 292 g/mol. The van der Waals surface area contributed by atoms with Gasteiger partial charge in [-0.05, 0) is 46.9 Å². The molecule has 0 spiro atoms. The van der Waals surface area contributed by atoms with Gasteiger partial charge in [-0.1, -0.05) is 32.0 Å². The molecule has 2 nitrogen and oxygen atoms in total. The van der Waals surface area contributed by atoms with Crippen LogP contribution < -0.4 is 0 Å². The Labute approximate surface area is 119 Å². The van der Waals surface area contributed by atoms with Crippen molar-refractivity contribution in [1.82, 2.24) is 0 Å². The van der Waals surface area contributed by atoms with Crippen molar-refractivity contribution in [3.8, 4) is 11.1 Å². The molecule has 0 atom stereocenters. The lowest BCUT2D eigenvalue weighted by atomic mass is 9.92. The molecule has 0 fully saturated rings. The van der Waals surface area contributed by atoms with E-state index in [9.17, 15) is 12.8 Å². The second-order valence-corrected chi connectivity index (χ2v) is 7.20. The molecule has 0 unspecified atom stereocenters. The maximum Gasteiger partial charge on any atom is 0.175 e. The van der Waals surface area contributed by atoms with E-state index in [0.29, 0.717) is 0 Å². The topological polar surface area (TPSA) is 34.1 Å². The number of sulfone groups is 1. The van der Waals surface area contributed by atoms with E-state index in [2.05, 4.69) is 0 Å². The van der Waals surface area contributed by atoms with Crippen molar-refractivity contribution in [1.29, 1.82) is 0 Å². The highest BCUT2D eigenvalue weighted by atomic mass is 32.2. The average Bonchev–Trinajstić information content (AvgIpc) is 2.37. The lowest BCUT2D eigenvalue weighted by molar-refractivity contribution is 0.602. The van der Waals surface area contributed by atoms with Gasteiger partial charge in [-0.3, -0.25) is 0 Å². The van der Waals surface area contributed by atoms with E-state index in [4.69, 9.17) is 0 Å². The standard InChI is InChI=1S/C16H17FO2S/c1-11(2)15-9-6-13(17)10-16(15)12-4-7-14(8-5-12)20(3,18)19/h4-11H,1-3H3. The van der Waals surface area contributed by atoms with Crippen molar-refractivity contribution in [2.24, 2.45) is 0 Å². The lowest BCUT2D eigenvalue weighted by Gasteiger charge is -2.13. The molecule has 0 aromatic heterocycles. The third-order valence-corrected chi connectivity index (χ3v) is 4.36. The second-order valence-electron chi connectivity index (χ2n) is 5.18. The minimum absolute atomic E-state index is 0.264. The van der Waals surface area contributed by atoms with Gasteiger partial charge < -0.3 is 0 Å². The van der Waals surface area contributed by atoms with E-state index < -0.39 is 9.84 Å². The van der Waals surface area contributed by atoms with Gasteiger partial charge in [0.25, 0.3) is 0 Å². The second kappa shape index (κ2) is 5.37. The summed E-state index contributed by atoms with van der Waals surface area (Å²) < 4.78 is 36.4. The normalized spacial score (nSPS) is 11.8. The zero-order valence-corrected chi connectivity index (χ0v) is 12.5. The molecule has 0 radical (unpaired) electrons. The number of benzene rings is 2. The smallest absolute Gasteiger partial charge is 0.175 e. The predicted molar refractivity (Wildman–Crippen MR) is 79.0 cm³/mol. The van der Waals surface area contributed by atoms with E-state index in [1.165, 1.54) is 18.4 Å². The van der Waals surface area contributed by atoms with Crippen molar-refractivity contribution in [3.63, 3.8) is 0 Å². The summed E-state index contributed by atoms with van der Waals surface area (Å²) in [6, 6.07) is 11.3. The first-order valence-electron chi connectivity index (χ1n) is 6.39. The molecule has 0 saturated heterocycles. The van der Waals surface area contributed by atoms with Gasteiger partial charge in [-0.25, -0.2) is 12.8 Å². The minimum atomic E-state index is -3.21. The summed E-state index contributed by atoms with van der Waals surface area (Å²) in [4.78, 5) is 0.267. The highest BCUT2D eigenvalue weighted by Crippen LogP contribution is 2.30. The quantitative estimate of drug-likeness (QED) is 0.856. The molecule has 2 aromatic carbocycles. The Morgan fingerprint density at radius 3 is 2.10 bits per heavy atom. The van der Waals surface area contributed by atoms with Crippen molar-refractivity contribution in [2.75, 3.05) is 6.26 Å². The van der Waals surface area contributed by atoms with Gasteiger partial charge in [0.2, 0.25) is 0 Å². The maximum atomic E-state index is 13.5. The van der Waals surface area contributed by atoms with E-state index in [1.54, 1.807) is 30.3 Å². The fourth-order valence-corrected chi connectivity index (χ4v) is 2.79. The Morgan fingerprint density at radius 1 is 1.00 bits per heavy atom. The predicted octanol–water partition coefficient (Wildman–Crippen LogP) is 4.02. The van der Waals surface area contributed by atoms with Gasteiger partial charge in [0.15, 0.2) is 9.84 Å². The van der Waals surface area contributed by atoms with Crippen molar-refractivity contribution >= 4 is 9.84 Å². The van der Waals surface area contributed by atoms with Crippen LogP contribution in [0.2, 0.25) is 0 Å². The van der Waals surface area contributed by atoms with Crippen LogP contribution >= 0.6 is 0 Å². The number of hydrogen-bond acceptors (Lipinski definition) is 2. The minimum Gasteiger partial charge on any atom is -0.224 e. The molecule has 0 N–H and O–H groups in total. The zero-order valence-electron chi connectivity index (χ0n) is 11.7. The third-order valence-electron chi connectivity index (χ3n) is 3.23. The van der Waals surface area contributed by atoms with Gasteiger partial charge in [0, 0.05) is 6.26 Å². The summed E-state index contributed by atoms with van der Waals surface area (Å²) in [5, 5.41) is 0. The Kier molecular flexibility index (Phi) is 3.95. The van der Waals surface area contributed by atoms with Crippen LogP contribution in [0.15, 0.2) is 47.4 Å². The van der Waals surface area contributed by atoms with Gasteiger partial charge in [-0.2, -0.15) is 0 Å². The Bertz CT molecular complexity index is 717. The van der Waals surface area contributed by atoms with Gasteiger partial charge >= 0.3 is 0 Å². The molecule has 0 bridgehead atoms. The van der Waals surface area contributed by atoms with Gasteiger partial charge in [0.05, 0.1) is 4.90 Å². The molecular formula is C16H17FO2S. The summed E-state index contributed by atoms with van der Waals surface area (Å²) in [6.07, 6.45) is 1.17. The molecule has 0 aliphatic carbocycles. The molecule has 2 aromatic rings. The molecule has 106 valence electrons. The first-order chi connectivity index (χ1) is 9.29. The van der Waals surface area contributed by atoms with Crippen LogP contribution in [0.25, 0.3) is 11.1 Å². The average molecular weight is 292 g/mol. The van der Waals surface area contributed by atoms with Crippen LogP contribution in [0.4, 0.5) is 4.39 Å². The Morgan fingerprint density at radius 2 is 1.60 bits per heavy atom. The SMILES string of the molecule is CC(C)c1ccc(F)cc1-c1ccc(S(C)(=O)=O)cc1. The summed E-state index contributed by atoms with van der Waals surface area (Å²) >= 11 is 0. The molecular weight excluding hydrogens is 275 g/mol. The molecule has 0 aliphatic rings. The van der Waals surface area contributed by atoms with E-state index in [1.807, 2.05) is 13.8 Å². The Hall–Kier alpha value is -1.68. The molecule has 2 rings (SSSR count). The van der Waals surface area contributed by atoms with Crippen LogP contribution in [0, 0.1) is 5.82 Å². The lowest BCUT2D eigenvalue weighted by Crippen LogP contribution is -1.97. The highest BCUT2D eigenvalue weighted by Gasteiger charge is 2.11. The van der Waals surface area contributed by atoms with E-state index in [-0.39, 0.29) is 16.6 Å². The molecule has 20 heavy (non-hydrogen) atoms. The first-order valence-corrected chi connectivity index (χ1v) is 8.28. The summed E-state index contributed by atoms with van der Waals surface area (Å²) in [5.41, 5.74) is 2.67. The number of halogens is 1. The maximum absolute atomic E-state index is 13.5. The van der Waals surface area contributed by atoms with E-state index >= 15 is 0 Å².